The number of nitrogens with one attached hydrogen (secondary N) is 2. The summed E-state index contributed by atoms with van der Waals surface area (Å²) in [5, 5.41) is 14.0. The largest absolute Gasteiger partial charge is 0.396 e. The van der Waals surface area contributed by atoms with Gasteiger partial charge in [0.15, 0.2) is 0 Å². The fourth-order valence-corrected chi connectivity index (χ4v) is 1.17. The lowest BCUT2D eigenvalue weighted by atomic mass is 10.1. The fraction of sp³-hybridized carbons (Fsp3) is 0.778. The van der Waals surface area contributed by atoms with Gasteiger partial charge in [0.1, 0.15) is 0 Å². The van der Waals surface area contributed by atoms with Crippen LogP contribution in [0.25, 0.3) is 0 Å². The van der Waals surface area contributed by atoms with E-state index in [0.717, 1.165) is 12.8 Å². The first-order valence-electron chi connectivity index (χ1n) is 4.96. The van der Waals surface area contributed by atoms with Crippen LogP contribution >= 0.6 is 0 Å². The summed E-state index contributed by atoms with van der Waals surface area (Å²) in [6, 6.07) is 0. The Morgan fingerprint density at radius 1 is 1.27 bits per heavy atom. The first-order valence-corrected chi connectivity index (χ1v) is 4.96. The van der Waals surface area contributed by atoms with Crippen molar-refractivity contribution in [3.05, 3.63) is 0 Å². The summed E-state index contributed by atoms with van der Waals surface area (Å²) in [4.78, 5) is 21.9. The van der Waals surface area contributed by atoms with Crippen molar-refractivity contribution < 1.29 is 14.7 Å². The third kappa shape index (κ3) is 3.85. The van der Waals surface area contributed by atoms with Crippen LogP contribution in [0.2, 0.25) is 0 Å². The Kier molecular flexibility index (Phi) is 4.05. The molecular formula is C9H17N3O3. The molecule has 1 aliphatic rings. The molecule has 5 N–H and O–H groups in total. The summed E-state index contributed by atoms with van der Waals surface area (Å²) in [5.41, 5.74) is 4.95. The highest BCUT2D eigenvalue weighted by Crippen LogP contribution is 2.44. The maximum absolute atomic E-state index is 11.2. The van der Waals surface area contributed by atoms with Gasteiger partial charge in [0.2, 0.25) is 11.8 Å². The minimum absolute atomic E-state index is 0.0580. The van der Waals surface area contributed by atoms with E-state index in [2.05, 4.69) is 10.6 Å². The maximum Gasteiger partial charge on any atom is 0.239 e. The van der Waals surface area contributed by atoms with Crippen LogP contribution in [0.3, 0.4) is 0 Å². The highest BCUT2D eigenvalue weighted by atomic mass is 16.3. The SMILES string of the molecule is NCC(=O)NCC(=O)NCC1(CO)CC1. The van der Waals surface area contributed by atoms with Crippen molar-refractivity contribution in [1.29, 1.82) is 0 Å². The van der Waals surface area contributed by atoms with E-state index in [-0.39, 0.29) is 36.9 Å². The number of carbonyl (C=O) groups excluding carboxylic acids is 2. The standard InChI is InChI=1S/C9H17N3O3/c10-3-7(14)11-4-8(15)12-5-9(6-13)1-2-9/h13H,1-6,10H2,(H,11,14)(H,12,15). The van der Waals surface area contributed by atoms with Gasteiger partial charge in [0.05, 0.1) is 19.7 Å². The molecule has 0 bridgehead atoms. The van der Waals surface area contributed by atoms with Crippen LogP contribution in [-0.4, -0.2) is 43.2 Å². The number of amides is 2. The Bertz CT molecular complexity index is 251. The van der Waals surface area contributed by atoms with E-state index in [1.165, 1.54) is 0 Å². The van der Waals surface area contributed by atoms with Crippen molar-refractivity contribution in [2.75, 3.05) is 26.2 Å². The first kappa shape index (κ1) is 11.9. The predicted octanol–water partition coefficient (Wildman–Crippen LogP) is -2.05. The molecule has 0 spiro atoms. The molecule has 0 radical (unpaired) electrons. The van der Waals surface area contributed by atoms with Crippen LogP contribution in [0.4, 0.5) is 0 Å². The van der Waals surface area contributed by atoms with Gasteiger partial charge < -0.3 is 21.5 Å². The summed E-state index contributed by atoms with van der Waals surface area (Å²) in [6.45, 7) is 0.397. The molecule has 0 aliphatic heterocycles. The molecule has 1 rings (SSSR count). The predicted molar refractivity (Wildman–Crippen MR) is 53.8 cm³/mol. The van der Waals surface area contributed by atoms with E-state index in [4.69, 9.17) is 10.8 Å². The minimum Gasteiger partial charge on any atom is -0.396 e. The lowest BCUT2D eigenvalue weighted by Gasteiger charge is -2.12. The number of carbonyl (C=O) groups is 2. The van der Waals surface area contributed by atoms with Crippen LogP contribution in [0, 0.1) is 5.41 Å². The van der Waals surface area contributed by atoms with E-state index in [1.807, 2.05) is 0 Å². The Hall–Kier alpha value is -1.14. The maximum atomic E-state index is 11.2. The summed E-state index contributed by atoms with van der Waals surface area (Å²) in [6.07, 6.45) is 1.89. The van der Waals surface area contributed by atoms with E-state index < -0.39 is 0 Å². The second kappa shape index (κ2) is 5.09. The summed E-state index contributed by atoms with van der Waals surface area (Å²) < 4.78 is 0. The first-order chi connectivity index (χ1) is 7.12. The van der Waals surface area contributed by atoms with Crippen molar-refractivity contribution in [2.45, 2.75) is 12.8 Å². The molecule has 0 aromatic carbocycles. The quantitative estimate of drug-likeness (QED) is 0.409. The zero-order chi connectivity index (χ0) is 11.3. The molecule has 1 saturated carbocycles. The zero-order valence-electron chi connectivity index (χ0n) is 8.58. The number of nitrogens with two attached hydrogens (primary N) is 1. The lowest BCUT2D eigenvalue weighted by Crippen LogP contribution is -2.41. The van der Waals surface area contributed by atoms with Gasteiger partial charge in [-0.2, -0.15) is 0 Å². The molecule has 1 aliphatic carbocycles. The highest BCUT2D eigenvalue weighted by molar-refractivity contribution is 5.85. The Morgan fingerprint density at radius 2 is 1.93 bits per heavy atom. The number of hydrogen-bond donors (Lipinski definition) is 4. The van der Waals surface area contributed by atoms with Gasteiger partial charge in [-0.05, 0) is 12.8 Å². The number of aliphatic hydroxyl groups is 1. The average molecular weight is 215 g/mol. The van der Waals surface area contributed by atoms with Gasteiger partial charge in [0.25, 0.3) is 0 Å². The molecule has 6 heteroatoms. The van der Waals surface area contributed by atoms with E-state index >= 15 is 0 Å². The molecule has 86 valence electrons. The molecule has 6 nitrogen and oxygen atoms in total. The van der Waals surface area contributed by atoms with Crippen molar-refractivity contribution in [1.82, 2.24) is 10.6 Å². The van der Waals surface area contributed by atoms with E-state index in [1.54, 1.807) is 0 Å². The monoisotopic (exact) mass is 215 g/mol. The third-order valence-corrected chi connectivity index (χ3v) is 2.58. The second-order valence-corrected chi connectivity index (χ2v) is 3.92. The van der Waals surface area contributed by atoms with Crippen molar-refractivity contribution >= 4 is 11.8 Å². The van der Waals surface area contributed by atoms with Crippen LogP contribution < -0.4 is 16.4 Å². The Morgan fingerprint density at radius 3 is 2.40 bits per heavy atom. The molecule has 15 heavy (non-hydrogen) atoms. The van der Waals surface area contributed by atoms with Crippen LogP contribution in [0.1, 0.15) is 12.8 Å². The van der Waals surface area contributed by atoms with Gasteiger partial charge >= 0.3 is 0 Å². The van der Waals surface area contributed by atoms with Gasteiger partial charge in [-0.25, -0.2) is 0 Å². The number of hydrogen-bond acceptors (Lipinski definition) is 4. The van der Waals surface area contributed by atoms with Gasteiger partial charge in [-0.1, -0.05) is 0 Å². The normalized spacial score (nSPS) is 16.9. The molecule has 0 saturated heterocycles. The van der Waals surface area contributed by atoms with Crippen LogP contribution in [0.5, 0.6) is 0 Å². The Balaban J connectivity index is 2.11. The minimum atomic E-state index is -0.353. The van der Waals surface area contributed by atoms with E-state index in [9.17, 15) is 9.59 Å². The molecule has 2 amide bonds. The van der Waals surface area contributed by atoms with Gasteiger partial charge in [-0.3, -0.25) is 9.59 Å². The third-order valence-electron chi connectivity index (χ3n) is 2.58. The summed E-state index contributed by atoms with van der Waals surface area (Å²) in [7, 11) is 0. The van der Waals surface area contributed by atoms with E-state index in [0.29, 0.717) is 6.54 Å². The molecule has 0 aromatic rings. The Labute approximate surface area is 88.2 Å². The highest BCUT2D eigenvalue weighted by Gasteiger charge is 2.41. The smallest absolute Gasteiger partial charge is 0.239 e. The van der Waals surface area contributed by atoms with Crippen molar-refractivity contribution in [2.24, 2.45) is 11.1 Å². The molecule has 0 atom stereocenters. The molecule has 1 fully saturated rings. The zero-order valence-corrected chi connectivity index (χ0v) is 8.58. The van der Waals surface area contributed by atoms with Crippen molar-refractivity contribution in [3.63, 3.8) is 0 Å². The number of aliphatic hydroxyl groups excluding tert-OH is 1. The molecule has 0 heterocycles. The topological polar surface area (TPSA) is 104 Å². The van der Waals surface area contributed by atoms with Crippen molar-refractivity contribution in [3.8, 4) is 0 Å². The van der Waals surface area contributed by atoms with Crippen LogP contribution in [0.15, 0.2) is 0 Å². The number of rotatable bonds is 6. The van der Waals surface area contributed by atoms with Crippen LogP contribution in [-0.2, 0) is 9.59 Å². The summed E-state index contributed by atoms with van der Waals surface area (Å²) >= 11 is 0. The summed E-state index contributed by atoms with van der Waals surface area (Å²) in [5.74, 6) is -0.607. The van der Waals surface area contributed by atoms with Gasteiger partial charge in [0, 0.05) is 12.0 Å². The molecule has 0 unspecified atom stereocenters. The lowest BCUT2D eigenvalue weighted by molar-refractivity contribution is -0.125. The molecular weight excluding hydrogens is 198 g/mol. The van der Waals surface area contributed by atoms with Gasteiger partial charge in [-0.15, -0.1) is 0 Å². The fourth-order valence-electron chi connectivity index (χ4n) is 1.17. The second-order valence-electron chi connectivity index (χ2n) is 3.92. The average Bonchev–Trinajstić information content (AvgIpc) is 3.03. The molecule has 0 aromatic heterocycles.